The molecule has 1 aromatic heterocycles. The fraction of sp³-hybridized carbons (Fsp3) is 0.150. The minimum atomic E-state index is -0.978. The summed E-state index contributed by atoms with van der Waals surface area (Å²) in [5.41, 5.74) is 6.10. The zero-order chi connectivity index (χ0) is 21.3. The molecule has 0 saturated carbocycles. The number of rotatable bonds is 5. The molecule has 3 aromatic rings. The quantitative estimate of drug-likeness (QED) is 0.596. The lowest BCUT2D eigenvalue weighted by atomic mass is 9.93. The number of methoxy groups -OCH3 is 1. The van der Waals surface area contributed by atoms with Gasteiger partial charge in [0.25, 0.3) is 0 Å². The van der Waals surface area contributed by atoms with Crippen LogP contribution in [-0.2, 0) is 16.0 Å². The van der Waals surface area contributed by atoms with Crippen LogP contribution in [0.5, 0.6) is 0 Å². The molecule has 9 heteroatoms. The average molecular weight is 437 g/mol. The van der Waals surface area contributed by atoms with Crippen molar-refractivity contribution in [1.82, 2.24) is 4.98 Å². The summed E-state index contributed by atoms with van der Waals surface area (Å²) < 4.78 is 18.5. The number of carbonyl (C=O) groups excluding carboxylic acids is 2. The number of halogens is 3. The first kappa shape index (κ1) is 20.8. The summed E-state index contributed by atoms with van der Waals surface area (Å²) in [5.74, 6) is -3.09. The van der Waals surface area contributed by atoms with Gasteiger partial charge in [-0.3, -0.25) is 9.59 Å². The van der Waals surface area contributed by atoms with Gasteiger partial charge in [0.1, 0.15) is 5.82 Å². The number of aromatic amines is 1. The predicted molar refractivity (Wildman–Crippen MR) is 108 cm³/mol. The molecule has 0 aliphatic rings. The number of ether oxygens (including phenoxy) is 1. The van der Waals surface area contributed by atoms with Gasteiger partial charge in [0, 0.05) is 17.1 Å². The molecular formula is C20H15Cl2FN2O4. The van der Waals surface area contributed by atoms with Crippen LogP contribution in [0.4, 0.5) is 4.39 Å². The Kier molecular flexibility index (Phi) is 5.91. The molecule has 0 saturated heterocycles. The van der Waals surface area contributed by atoms with Gasteiger partial charge in [-0.25, -0.2) is 9.18 Å². The largest absolute Gasteiger partial charge is 0.465 e. The van der Waals surface area contributed by atoms with Crippen LogP contribution < -0.4 is 11.2 Å². The lowest BCUT2D eigenvalue weighted by Crippen LogP contribution is -2.25. The van der Waals surface area contributed by atoms with Gasteiger partial charge < -0.3 is 15.5 Å². The van der Waals surface area contributed by atoms with Crippen molar-refractivity contribution in [2.45, 2.75) is 12.3 Å². The SMILES string of the molecule is COC(=O)c1cc(F)cc(C[C@H](C(N)=O)c2cc(=O)c3cc(Cl)c(Cl)cc3[nH]2)c1. The molecule has 0 radical (unpaired) electrons. The highest BCUT2D eigenvalue weighted by Gasteiger charge is 2.22. The second kappa shape index (κ2) is 8.23. The summed E-state index contributed by atoms with van der Waals surface area (Å²) in [6.07, 6.45) is -0.0418. The number of aromatic nitrogens is 1. The molecule has 0 bridgehead atoms. The molecule has 3 N–H and O–H groups in total. The smallest absolute Gasteiger partial charge is 0.337 e. The van der Waals surface area contributed by atoms with Crippen LogP contribution in [0.2, 0.25) is 10.0 Å². The number of carbonyl (C=O) groups is 2. The Morgan fingerprint density at radius 2 is 1.83 bits per heavy atom. The van der Waals surface area contributed by atoms with E-state index in [-0.39, 0.29) is 33.2 Å². The zero-order valence-corrected chi connectivity index (χ0v) is 16.6. The van der Waals surface area contributed by atoms with Crippen LogP contribution in [0.1, 0.15) is 27.5 Å². The van der Waals surface area contributed by atoms with Crippen molar-refractivity contribution < 1.29 is 18.7 Å². The molecule has 0 spiro atoms. The van der Waals surface area contributed by atoms with Crippen molar-refractivity contribution in [3.05, 3.63) is 79.3 Å². The molecule has 2 aromatic carbocycles. The Morgan fingerprint density at radius 1 is 1.14 bits per heavy atom. The van der Waals surface area contributed by atoms with Gasteiger partial charge in [0.15, 0.2) is 5.43 Å². The van der Waals surface area contributed by atoms with E-state index in [4.69, 9.17) is 28.9 Å². The highest BCUT2D eigenvalue weighted by molar-refractivity contribution is 6.42. The van der Waals surface area contributed by atoms with E-state index in [2.05, 4.69) is 9.72 Å². The molecule has 0 aliphatic carbocycles. The van der Waals surface area contributed by atoms with Gasteiger partial charge in [0.2, 0.25) is 5.91 Å². The molecule has 0 fully saturated rings. The van der Waals surface area contributed by atoms with Crippen molar-refractivity contribution in [2.75, 3.05) is 7.11 Å². The van der Waals surface area contributed by atoms with Crippen molar-refractivity contribution in [3.63, 3.8) is 0 Å². The van der Waals surface area contributed by atoms with Crippen LogP contribution >= 0.6 is 23.2 Å². The first-order valence-electron chi connectivity index (χ1n) is 8.38. The van der Waals surface area contributed by atoms with Crippen molar-refractivity contribution in [2.24, 2.45) is 5.73 Å². The summed E-state index contributed by atoms with van der Waals surface area (Å²) in [7, 11) is 1.18. The van der Waals surface area contributed by atoms with Gasteiger partial charge in [-0.1, -0.05) is 23.2 Å². The number of benzene rings is 2. The first-order chi connectivity index (χ1) is 13.7. The van der Waals surface area contributed by atoms with Gasteiger partial charge >= 0.3 is 5.97 Å². The Hall–Kier alpha value is -2.90. The van der Waals surface area contributed by atoms with Crippen LogP contribution in [0, 0.1) is 5.82 Å². The topological polar surface area (TPSA) is 102 Å². The number of amides is 1. The van der Waals surface area contributed by atoms with E-state index in [1.807, 2.05) is 0 Å². The molecule has 1 heterocycles. The van der Waals surface area contributed by atoms with E-state index in [1.54, 1.807) is 0 Å². The summed E-state index contributed by atoms with van der Waals surface area (Å²) in [6, 6.07) is 7.75. The lowest BCUT2D eigenvalue weighted by Gasteiger charge is -2.15. The summed E-state index contributed by atoms with van der Waals surface area (Å²) >= 11 is 12.0. The number of primary amides is 1. The van der Waals surface area contributed by atoms with Gasteiger partial charge in [-0.15, -0.1) is 0 Å². The number of esters is 1. The number of hydrogen-bond acceptors (Lipinski definition) is 4. The second-order valence-corrected chi connectivity index (χ2v) is 7.21. The number of pyridine rings is 1. The first-order valence-corrected chi connectivity index (χ1v) is 9.14. The van der Waals surface area contributed by atoms with E-state index in [0.717, 1.165) is 6.07 Å². The molecule has 150 valence electrons. The Labute approximate surface area is 174 Å². The summed E-state index contributed by atoms with van der Waals surface area (Å²) in [4.78, 5) is 39.3. The van der Waals surface area contributed by atoms with E-state index < -0.39 is 23.6 Å². The molecule has 1 amide bonds. The third kappa shape index (κ3) is 4.41. The van der Waals surface area contributed by atoms with Crippen LogP contribution in [0.25, 0.3) is 10.9 Å². The minimum absolute atomic E-state index is 0.000788. The van der Waals surface area contributed by atoms with E-state index in [0.29, 0.717) is 16.5 Å². The van der Waals surface area contributed by atoms with E-state index in [1.165, 1.54) is 37.4 Å². The van der Waals surface area contributed by atoms with Crippen molar-refractivity contribution in [3.8, 4) is 0 Å². The molecular weight excluding hydrogens is 422 g/mol. The Balaban J connectivity index is 2.07. The van der Waals surface area contributed by atoms with Crippen LogP contribution in [0.3, 0.4) is 0 Å². The summed E-state index contributed by atoms with van der Waals surface area (Å²) in [6.45, 7) is 0. The number of hydrogen-bond donors (Lipinski definition) is 2. The third-order valence-electron chi connectivity index (χ3n) is 4.43. The predicted octanol–water partition coefficient (Wildman–Crippen LogP) is 3.57. The number of nitrogens with one attached hydrogen (secondary N) is 1. The Bertz CT molecular complexity index is 1190. The monoisotopic (exact) mass is 436 g/mol. The van der Waals surface area contributed by atoms with Gasteiger partial charge in [-0.2, -0.15) is 0 Å². The molecule has 0 aliphatic heterocycles. The lowest BCUT2D eigenvalue weighted by molar-refractivity contribution is -0.119. The maximum Gasteiger partial charge on any atom is 0.337 e. The normalized spacial score (nSPS) is 12.0. The Morgan fingerprint density at radius 3 is 2.48 bits per heavy atom. The van der Waals surface area contributed by atoms with Crippen LogP contribution in [-0.4, -0.2) is 24.0 Å². The van der Waals surface area contributed by atoms with Crippen molar-refractivity contribution >= 4 is 46.0 Å². The van der Waals surface area contributed by atoms with E-state index >= 15 is 0 Å². The molecule has 3 rings (SSSR count). The average Bonchev–Trinajstić information content (AvgIpc) is 2.66. The highest BCUT2D eigenvalue weighted by Crippen LogP contribution is 2.27. The third-order valence-corrected chi connectivity index (χ3v) is 5.15. The number of nitrogens with two attached hydrogens (primary N) is 1. The summed E-state index contributed by atoms with van der Waals surface area (Å²) in [5, 5.41) is 0.750. The fourth-order valence-electron chi connectivity index (χ4n) is 3.06. The molecule has 29 heavy (non-hydrogen) atoms. The standard InChI is InChI=1S/C20H15Cl2FN2O4/c1-29-20(28)10-2-9(3-11(23)5-10)4-13(19(24)27)17-8-18(26)12-6-14(21)15(22)7-16(12)25-17/h2-3,5-8,13H,4H2,1H3,(H2,24,27)(H,25,26)/t13-/m0/s1. The molecule has 0 unspecified atom stereocenters. The van der Waals surface area contributed by atoms with Crippen molar-refractivity contribution in [1.29, 1.82) is 0 Å². The maximum atomic E-state index is 13.9. The molecule has 1 atom stereocenters. The minimum Gasteiger partial charge on any atom is -0.465 e. The maximum absolute atomic E-state index is 13.9. The molecule has 6 nitrogen and oxygen atoms in total. The number of fused-ring (bicyclic) bond motifs is 1. The van der Waals surface area contributed by atoms with Gasteiger partial charge in [-0.05, 0) is 42.3 Å². The zero-order valence-electron chi connectivity index (χ0n) is 15.1. The highest BCUT2D eigenvalue weighted by atomic mass is 35.5. The van der Waals surface area contributed by atoms with E-state index in [9.17, 15) is 18.8 Å². The second-order valence-electron chi connectivity index (χ2n) is 6.40. The number of H-pyrrole nitrogens is 1. The van der Waals surface area contributed by atoms with Gasteiger partial charge in [0.05, 0.1) is 34.2 Å². The van der Waals surface area contributed by atoms with Crippen LogP contribution in [0.15, 0.2) is 41.2 Å². The fourth-order valence-corrected chi connectivity index (χ4v) is 3.38.